The SMILES string of the molecule is O=c1cc(-c2nn(-c3ccc(C(F)(F)F)cc3)c3ncccc23)ccn1Cc1ccn(CCO)n1. The highest BCUT2D eigenvalue weighted by Gasteiger charge is 2.30. The average molecular weight is 480 g/mol. The van der Waals surface area contributed by atoms with Crippen LogP contribution in [-0.2, 0) is 19.3 Å². The van der Waals surface area contributed by atoms with Gasteiger partial charge in [-0.3, -0.25) is 9.48 Å². The van der Waals surface area contributed by atoms with Crippen molar-refractivity contribution < 1.29 is 18.3 Å². The normalized spacial score (nSPS) is 11.9. The Kier molecular flexibility index (Phi) is 5.69. The van der Waals surface area contributed by atoms with Gasteiger partial charge in [0.1, 0.15) is 5.69 Å². The number of halogens is 3. The van der Waals surface area contributed by atoms with Crippen LogP contribution in [0.1, 0.15) is 11.3 Å². The summed E-state index contributed by atoms with van der Waals surface area (Å²) in [6, 6.07) is 13.2. The lowest BCUT2D eigenvalue weighted by atomic mass is 10.1. The van der Waals surface area contributed by atoms with E-state index >= 15 is 0 Å². The number of hydrogen-bond acceptors (Lipinski definition) is 5. The van der Waals surface area contributed by atoms with Crippen molar-refractivity contribution in [2.45, 2.75) is 19.3 Å². The number of pyridine rings is 2. The number of rotatable bonds is 6. The standard InChI is InChI=1S/C24H19F3N6O2/c25-24(26,27)17-3-5-19(6-4-17)33-23-20(2-1-9-28-23)22(30-33)16-7-10-31(21(35)14-16)15-18-8-11-32(29-18)12-13-34/h1-11,14,34H,12-13,15H2. The molecule has 4 aromatic heterocycles. The molecule has 0 radical (unpaired) electrons. The minimum Gasteiger partial charge on any atom is -0.394 e. The molecule has 0 saturated carbocycles. The maximum Gasteiger partial charge on any atom is 0.416 e. The fraction of sp³-hybridized carbons (Fsp3) is 0.167. The van der Waals surface area contributed by atoms with Crippen molar-refractivity contribution in [3.05, 3.63) is 94.8 Å². The molecule has 0 aliphatic rings. The molecular formula is C24H19F3N6O2. The predicted octanol–water partition coefficient (Wildman–Crippen LogP) is 3.51. The van der Waals surface area contributed by atoms with Crippen LogP contribution < -0.4 is 5.56 Å². The molecule has 0 unspecified atom stereocenters. The van der Waals surface area contributed by atoms with Gasteiger partial charge in [-0.25, -0.2) is 9.67 Å². The molecule has 0 amide bonds. The van der Waals surface area contributed by atoms with Crippen molar-refractivity contribution in [3.63, 3.8) is 0 Å². The Labute approximate surface area is 196 Å². The molecule has 4 heterocycles. The van der Waals surface area contributed by atoms with Crippen LogP contribution >= 0.6 is 0 Å². The fourth-order valence-corrected chi connectivity index (χ4v) is 3.81. The monoisotopic (exact) mass is 480 g/mol. The van der Waals surface area contributed by atoms with E-state index < -0.39 is 11.7 Å². The van der Waals surface area contributed by atoms with E-state index in [1.165, 1.54) is 27.4 Å². The number of aliphatic hydroxyl groups is 1. The lowest BCUT2D eigenvalue weighted by Gasteiger charge is -2.08. The average Bonchev–Trinajstić information content (AvgIpc) is 3.45. The van der Waals surface area contributed by atoms with Crippen molar-refractivity contribution in [3.8, 4) is 16.9 Å². The largest absolute Gasteiger partial charge is 0.416 e. The number of nitrogens with zero attached hydrogens (tertiary/aromatic N) is 6. The molecule has 0 saturated heterocycles. The molecule has 0 aliphatic carbocycles. The third-order valence-corrected chi connectivity index (χ3v) is 5.51. The van der Waals surface area contributed by atoms with Crippen LogP contribution in [-0.4, -0.2) is 40.8 Å². The third kappa shape index (κ3) is 4.45. The van der Waals surface area contributed by atoms with Gasteiger partial charge >= 0.3 is 6.18 Å². The molecular weight excluding hydrogens is 461 g/mol. The number of aromatic nitrogens is 6. The van der Waals surface area contributed by atoms with E-state index in [0.717, 1.165) is 12.1 Å². The minimum atomic E-state index is -4.44. The second kappa shape index (κ2) is 8.84. The zero-order chi connectivity index (χ0) is 24.6. The van der Waals surface area contributed by atoms with Gasteiger partial charge in [0.2, 0.25) is 0 Å². The van der Waals surface area contributed by atoms with E-state index in [0.29, 0.717) is 40.2 Å². The number of hydrogen-bond donors (Lipinski definition) is 1. The van der Waals surface area contributed by atoms with Crippen LogP contribution in [0.25, 0.3) is 28.0 Å². The predicted molar refractivity (Wildman–Crippen MR) is 122 cm³/mol. The van der Waals surface area contributed by atoms with Crippen molar-refractivity contribution in [1.82, 2.24) is 29.1 Å². The van der Waals surface area contributed by atoms with E-state index in [1.807, 2.05) is 0 Å². The van der Waals surface area contributed by atoms with Crippen LogP contribution in [0.2, 0.25) is 0 Å². The smallest absolute Gasteiger partial charge is 0.394 e. The molecule has 0 aliphatic heterocycles. The first-order valence-corrected chi connectivity index (χ1v) is 10.7. The minimum absolute atomic E-state index is 0.0301. The summed E-state index contributed by atoms with van der Waals surface area (Å²) in [6.45, 7) is 0.605. The Bertz CT molecular complexity index is 1550. The van der Waals surface area contributed by atoms with Crippen LogP contribution in [0.5, 0.6) is 0 Å². The Hall–Kier alpha value is -4.25. The summed E-state index contributed by atoms with van der Waals surface area (Å²) in [5, 5.41) is 18.6. The summed E-state index contributed by atoms with van der Waals surface area (Å²) in [4.78, 5) is 17.2. The molecule has 1 aromatic carbocycles. The summed E-state index contributed by atoms with van der Waals surface area (Å²) in [6.07, 6.45) is 0.511. The summed E-state index contributed by atoms with van der Waals surface area (Å²) in [5.41, 5.74) is 1.58. The van der Waals surface area contributed by atoms with Crippen molar-refractivity contribution in [1.29, 1.82) is 0 Å². The summed E-state index contributed by atoms with van der Waals surface area (Å²) in [7, 11) is 0. The molecule has 8 nitrogen and oxygen atoms in total. The van der Waals surface area contributed by atoms with Crippen LogP contribution in [0.4, 0.5) is 13.2 Å². The first kappa shape index (κ1) is 22.5. The van der Waals surface area contributed by atoms with Gasteiger partial charge in [0.25, 0.3) is 5.56 Å². The second-order valence-electron chi connectivity index (χ2n) is 7.85. The molecule has 11 heteroatoms. The molecule has 35 heavy (non-hydrogen) atoms. The Balaban J connectivity index is 1.50. The number of fused-ring (bicyclic) bond motifs is 1. The van der Waals surface area contributed by atoms with Crippen molar-refractivity contribution in [2.24, 2.45) is 0 Å². The number of alkyl halides is 3. The van der Waals surface area contributed by atoms with Crippen LogP contribution in [0, 0.1) is 0 Å². The van der Waals surface area contributed by atoms with Crippen LogP contribution in [0.15, 0.2) is 78.0 Å². The molecule has 1 N–H and O–H groups in total. The maximum absolute atomic E-state index is 13.0. The first-order chi connectivity index (χ1) is 16.8. The Morgan fingerprint density at radius 1 is 0.971 bits per heavy atom. The van der Waals surface area contributed by atoms with Gasteiger partial charge in [0, 0.05) is 35.6 Å². The van der Waals surface area contributed by atoms with Crippen molar-refractivity contribution in [2.75, 3.05) is 6.61 Å². The lowest BCUT2D eigenvalue weighted by Crippen LogP contribution is -2.19. The first-order valence-electron chi connectivity index (χ1n) is 10.7. The van der Waals surface area contributed by atoms with E-state index in [1.54, 1.807) is 47.5 Å². The summed E-state index contributed by atoms with van der Waals surface area (Å²) < 4.78 is 43.5. The van der Waals surface area contributed by atoms with E-state index in [9.17, 15) is 18.0 Å². The molecule has 5 rings (SSSR count). The summed E-state index contributed by atoms with van der Waals surface area (Å²) in [5.74, 6) is 0. The van der Waals surface area contributed by atoms with Gasteiger partial charge < -0.3 is 9.67 Å². The molecule has 5 aromatic rings. The van der Waals surface area contributed by atoms with E-state index in [2.05, 4.69) is 15.2 Å². The summed E-state index contributed by atoms with van der Waals surface area (Å²) >= 11 is 0. The molecule has 178 valence electrons. The fourth-order valence-electron chi connectivity index (χ4n) is 3.81. The highest BCUT2D eigenvalue weighted by atomic mass is 19.4. The van der Waals surface area contributed by atoms with E-state index in [-0.39, 0.29) is 18.7 Å². The van der Waals surface area contributed by atoms with Gasteiger partial charge in [-0.15, -0.1) is 0 Å². The highest BCUT2D eigenvalue weighted by Crippen LogP contribution is 2.31. The maximum atomic E-state index is 13.0. The highest BCUT2D eigenvalue weighted by molar-refractivity contribution is 5.91. The third-order valence-electron chi connectivity index (χ3n) is 5.51. The zero-order valence-corrected chi connectivity index (χ0v) is 18.2. The van der Waals surface area contributed by atoms with Gasteiger partial charge in [-0.05, 0) is 48.5 Å². The number of aliphatic hydroxyl groups excluding tert-OH is 1. The molecule has 0 bridgehead atoms. The van der Waals surface area contributed by atoms with E-state index in [4.69, 9.17) is 5.11 Å². The lowest BCUT2D eigenvalue weighted by molar-refractivity contribution is -0.137. The van der Waals surface area contributed by atoms with Crippen molar-refractivity contribution >= 4 is 11.0 Å². The van der Waals surface area contributed by atoms with Gasteiger partial charge in [0.15, 0.2) is 5.65 Å². The van der Waals surface area contributed by atoms with Gasteiger partial charge in [-0.1, -0.05) is 0 Å². The second-order valence-corrected chi connectivity index (χ2v) is 7.85. The van der Waals surface area contributed by atoms with Gasteiger partial charge in [-0.2, -0.15) is 23.4 Å². The van der Waals surface area contributed by atoms with Gasteiger partial charge in [0.05, 0.1) is 36.6 Å². The number of benzene rings is 1. The Morgan fingerprint density at radius 2 is 1.77 bits per heavy atom. The molecule has 0 atom stereocenters. The topological polar surface area (TPSA) is 90.8 Å². The Morgan fingerprint density at radius 3 is 2.49 bits per heavy atom. The molecule has 0 spiro atoms. The zero-order valence-electron chi connectivity index (χ0n) is 18.2. The molecule has 0 fully saturated rings. The quantitative estimate of drug-likeness (QED) is 0.402. The van der Waals surface area contributed by atoms with Crippen LogP contribution in [0.3, 0.4) is 0 Å².